The summed E-state index contributed by atoms with van der Waals surface area (Å²) in [5.74, 6) is 0.534. The second kappa shape index (κ2) is 6.93. The Labute approximate surface area is 149 Å². The molecule has 0 aromatic heterocycles. The van der Waals surface area contributed by atoms with Gasteiger partial charge in [-0.2, -0.15) is 0 Å². The van der Waals surface area contributed by atoms with Crippen LogP contribution in [0.15, 0.2) is 46.9 Å². The van der Waals surface area contributed by atoms with Crippen LogP contribution >= 0.6 is 27.5 Å². The predicted octanol–water partition coefficient (Wildman–Crippen LogP) is 5.20. The molecule has 0 radical (unpaired) electrons. The smallest absolute Gasteiger partial charge is 0.257 e. The molecule has 120 valence electrons. The lowest BCUT2D eigenvalue weighted by atomic mass is 10.2. The number of carbonyl (C=O) groups excluding carboxylic acids is 1. The summed E-state index contributed by atoms with van der Waals surface area (Å²) < 4.78 is 0.825. The van der Waals surface area contributed by atoms with E-state index in [1.54, 1.807) is 12.1 Å². The van der Waals surface area contributed by atoms with E-state index in [2.05, 4.69) is 45.2 Å². The molecule has 1 unspecified atom stereocenters. The highest BCUT2D eigenvalue weighted by Gasteiger charge is 2.18. The molecule has 1 saturated heterocycles. The van der Waals surface area contributed by atoms with E-state index in [0.717, 1.165) is 29.2 Å². The van der Waals surface area contributed by atoms with Gasteiger partial charge >= 0.3 is 0 Å². The number of rotatable bonds is 3. The van der Waals surface area contributed by atoms with Crippen LogP contribution in [0.2, 0.25) is 5.02 Å². The highest BCUT2D eigenvalue weighted by Crippen LogP contribution is 2.26. The first kappa shape index (κ1) is 16.3. The van der Waals surface area contributed by atoms with Gasteiger partial charge < -0.3 is 10.2 Å². The minimum atomic E-state index is -0.209. The van der Waals surface area contributed by atoms with Crippen molar-refractivity contribution in [3.8, 4) is 0 Å². The largest absolute Gasteiger partial charge is 0.371 e. The van der Waals surface area contributed by atoms with E-state index < -0.39 is 0 Å². The predicted molar refractivity (Wildman–Crippen MR) is 99.5 cm³/mol. The van der Waals surface area contributed by atoms with E-state index >= 15 is 0 Å². The Hall–Kier alpha value is -1.52. The average Bonchev–Trinajstić information content (AvgIpc) is 2.97. The standard InChI is InChI=1S/C18H18BrClN2O/c1-12-8-9-22(11-12)15-5-3-14(4-6-15)21-18(23)16-10-13(19)2-7-17(16)20/h2-7,10,12H,8-9,11H2,1H3,(H,21,23). The van der Waals surface area contributed by atoms with E-state index in [9.17, 15) is 4.79 Å². The summed E-state index contributed by atoms with van der Waals surface area (Å²) in [6, 6.07) is 13.2. The monoisotopic (exact) mass is 392 g/mol. The fourth-order valence-electron chi connectivity index (χ4n) is 2.80. The van der Waals surface area contributed by atoms with Crippen LogP contribution in [0.3, 0.4) is 0 Å². The number of amides is 1. The highest BCUT2D eigenvalue weighted by atomic mass is 79.9. The summed E-state index contributed by atoms with van der Waals surface area (Å²) in [6.07, 6.45) is 1.24. The zero-order valence-corrected chi connectivity index (χ0v) is 15.2. The Kier molecular flexibility index (Phi) is 4.93. The van der Waals surface area contributed by atoms with Gasteiger partial charge in [-0.25, -0.2) is 0 Å². The molecule has 1 aliphatic rings. The molecule has 1 fully saturated rings. The number of nitrogens with one attached hydrogen (secondary N) is 1. The molecule has 1 heterocycles. The minimum absolute atomic E-state index is 0.209. The summed E-state index contributed by atoms with van der Waals surface area (Å²) >= 11 is 9.45. The van der Waals surface area contributed by atoms with Gasteiger partial charge in [-0.05, 0) is 54.8 Å². The van der Waals surface area contributed by atoms with Gasteiger partial charge in [-0.3, -0.25) is 4.79 Å². The molecule has 2 aromatic rings. The zero-order chi connectivity index (χ0) is 16.4. The molecule has 0 aliphatic carbocycles. The van der Waals surface area contributed by atoms with Crippen molar-refractivity contribution in [1.82, 2.24) is 0 Å². The maximum absolute atomic E-state index is 12.3. The molecule has 2 aromatic carbocycles. The van der Waals surface area contributed by atoms with Crippen molar-refractivity contribution in [2.45, 2.75) is 13.3 Å². The lowest BCUT2D eigenvalue weighted by Gasteiger charge is -2.18. The summed E-state index contributed by atoms with van der Waals surface area (Å²) in [6.45, 7) is 4.47. The van der Waals surface area contributed by atoms with E-state index in [0.29, 0.717) is 10.6 Å². The third kappa shape index (κ3) is 3.88. The number of hydrogen-bond acceptors (Lipinski definition) is 2. The van der Waals surface area contributed by atoms with Crippen molar-refractivity contribution in [2.75, 3.05) is 23.3 Å². The molecule has 1 N–H and O–H groups in total. The van der Waals surface area contributed by atoms with Crippen LogP contribution in [-0.4, -0.2) is 19.0 Å². The molecule has 3 nitrogen and oxygen atoms in total. The molecule has 1 atom stereocenters. The molecule has 5 heteroatoms. The van der Waals surface area contributed by atoms with Crippen molar-refractivity contribution in [1.29, 1.82) is 0 Å². The summed E-state index contributed by atoms with van der Waals surface area (Å²) in [4.78, 5) is 14.7. The lowest BCUT2D eigenvalue weighted by Crippen LogP contribution is -2.19. The van der Waals surface area contributed by atoms with Crippen LogP contribution in [0.1, 0.15) is 23.7 Å². The van der Waals surface area contributed by atoms with Crippen LogP contribution in [-0.2, 0) is 0 Å². The second-order valence-electron chi connectivity index (χ2n) is 5.97. The number of halogens is 2. The summed E-state index contributed by atoms with van der Waals surface area (Å²) in [5.41, 5.74) is 2.42. The van der Waals surface area contributed by atoms with Gasteiger partial charge in [0.25, 0.3) is 5.91 Å². The lowest BCUT2D eigenvalue weighted by molar-refractivity contribution is 0.102. The fourth-order valence-corrected chi connectivity index (χ4v) is 3.36. The fraction of sp³-hybridized carbons (Fsp3) is 0.278. The topological polar surface area (TPSA) is 32.3 Å². The second-order valence-corrected chi connectivity index (χ2v) is 7.29. The van der Waals surface area contributed by atoms with Crippen LogP contribution < -0.4 is 10.2 Å². The van der Waals surface area contributed by atoms with Crippen molar-refractivity contribution < 1.29 is 4.79 Å². The van der Waals surface area contributed by atoms with Gasteiger partial charge in [0, 0.05) is 28.9 Å². The highest BCUT2D eigenvalue weighted by molar-refractivity contribution is 9.10. The van der Waals surface area contributed by atoms with Gasteiger partial charge in [-0.15, -0.1) is 0 Å². The van der Waals surface area contributed by atoms with Gasteiger partial charge in [0.1, 0.15) is 0 Å². The number of anilines is 2. The zero-order valence-electron chi connectivity index (χ0n) is 12.9. The van der Waals surface area contributed by atoms with Crippen LogP contribution in [0.4, 0.5) is 11.4 Å². The molecule has 23 heavy (non-hydrogen) atoms. The third-order valence-electron chi connectivity index (χ3n) is 4.09. The van der Waals surface area contributed by atoms with E-state index in [1.165, 1.54) is 12.1 Å². The minimum Gasteiger partial charge on any atom is -0.371 e. The van der Waals surface area contributed by atoms with Gasteiger partial charge in [-0.1, -0.05) is 34.5 Å². The normalized spacial score (nSPS) is 17.3. The van der Waals surface area contributed by atoms with Crippen molar-refractivity contribution >= 4 is 44.8 Å². The number of hydrogen-bond donors (Lipinski definition) is 1. The van der Waals surface area contributed by atoms with Crippen LogP contribution in [0.5, 0.6) is 0 Å². The van der Waals surface area contributed by atoms with E-state index in [4.69, 9.17) is 11.6 Å². The maximum atomic E-state index is 12.3. The molecule has 1 amide bonds. The first-order valence-electron chi connectivity index (χ1n) is 7.64. The Bertz CT molecular complexity index is 717. The number of carbonyl (C=O) groups is 1. The van der Waals surface area contributed by atoms with Gasteiger partial charge in [0.15, 0.2) is 0 Å². The molecule has 3 rings (SSSR count). The van der Waals surface area contributed by atoms with E-state index in [-0.39, 0.29) is 5.91 Å². The van der Waals surface area contributed by atoms with Crippen molar-refractivity contribution in [2.24, 2.45) is 5.92 Å². The molecular formula is C18H18BrClN2O. The summed E-state index contributed by atoms with van der Waals surface area (Å²) in [5, 5.41) is 3.33. The Morgan fingerprint density at radius 1 is 1.26 bits per heavy atom. The molecule has 1 aliphatic heterocycles. The molecule has 0 bridgehead atoms. The number of nitrogens with zero attached hydrogens (tertiary/aromatic N) is 1. The first-order chi connectivity index (χ1) is 11.0. The molecule has 0 saturated carbocycles. The maximum Gasteiger partial charge on any atom is 0.257 e. The summed E-state index contributed by atoms with van der Waals surface area (Å²) in [7, 11) is 0. The first-order valence-corrected chi connectivity index (χ1v) is 8.81. The van der Waals surface area contributed by atoms with Crippen molar-refractivity contribution in [3.05, 3.63) is 57.5 Å². The Morgan fingerprint density at radius 2 is 2.00 bits per heavy atom. The van der Waals surface area contributed by atoms with Gasteiger partial charge in [0.05, 0.1) is 10.6 Å². The van der Waals surface area contributed by atoms with Crippen LogP contribution in [0.25, 0.3) is 0 Å². The van der Waals surface area contributed by atoms with Gasteiger partial charge in [0.2, 0.25) is 0 Å². The van der Waals surface area contributed by atoms with Crippen molar-refractivity contribution in [3.63, 3.8) is 0 Å². The average molecular weight is 394 g/mol. The number of benzene rings is 2. The molecule has 0 spiro atoms. The van der Waals surface area contributed by atoms with E-state index in [1.807, 2.05) is 18.2 Å². The van der Waals surface area contributed by atoms with Crippen LogP contribution in [0, 0.1) is 5.92 Å². The Balaban J connectivity index is 1.70. The Morgan fingerprint density at radius 3 is 2.65 bits per heavy atom. The third-order valence-corrected chi connectivity index (χ3v) is 4.91. The molecular weight excluding hydrogens is 376 g/mol. The SMILES string of the molecule is CC1CCN(c2ccc(NC(=O)c3cc(Br)ccc3Cl)cc2)C1. The quantitative estimate of drug-likeness (QED) is 0.777.